The molecule has 0 saturated heterocycles. The SMILES string of the molecule is CNc1ccnc(CN(CCC(C)C)C2CC2)c1. The molecule has 3 nitrogen and oxygen atoms in total. The summed E-state index contributed by atoms with van der Waals surface area (Å²) in [5.74, 6) is 0.780. The second-order valence-electron chi connectivity index (χ2n) is 5.67. The highest BCUT2D eigenvalue weighted by Gasteiger charge is 2.28. The first-order valence-electron chi connectivity index (χ1n) is 7.05. The molecule has 0 spiro atoms. The molecule has 0 aliphatic heterocycles. The quantitative estimate of drug-likeness (QED) is 0.802. The molecular formula is C15H25N3. The van der Waals surface area contributed by atoms with E-state index in [1.807, 2.05) is 19.3 Å². The van der Waals surface area contributed by atoms with Gasteiger partial charge in [-0.25, -0.2) is 0 Å². The van der Waals surface area contributed by atoms with Crippen LogP contribution in [0.5, 0.6) is 0 Å². The van der Waals surface area contributed by atoms with Gasteiger partial charge in [0.05, 0.1) is 5.69 Å². The number of aromatic nitrogens is 1. The zero-order valence-electron chi connectivity index (χ0n) is 11.8. The monoisotopic (exact) mass is 247 g/mol. The molecule has 1 N–H and O–H groups in total. The van der Waals surface area contributed by atoms with Crippen LogP contribution in [0.1, 0.15) is 38.8 Å². The van der Waals surface area contributed by atoms with E-state index in [0.29, 0.717) is 0 Å². The zero-order chi connectivity index (χ0) is 13.0. The van der Waals surface area contributed by atoms with Crippen molar-refractivity contribution >= 4 is 5.69 Å². The normalized spacial score (nSPS) is 15.4. The molecule has 0 radical (unpaired) electrons. The van der Waals surface area contributed by atoms with Crippen LogP contribution in [0.2, 0.25) is 0 Å². The fraction of sp³-hybridized carbons (Fsp3) is 0.667. The minimum atomic E-state index is 0.780. The lowest BCUT2D eigenvalue weighted by Gasteiger charge is -2.22. The summed E-state index contributed by atoms with van der Waals surface area (Å²) in [5, 5.41) is 3.18. The third kappa shape index (κ3) is 3.98. The maximum absolute atomic E-state index is 4.48. The van der Waals surface area contributed by atoms with Gasteiger partial charge in [-0.2, -0.15) is 0 Å². The topological polar surface area (TPSA) is 28.2 Å². The van der Waals surface area contributed by atoms with Gasteiger partial charge in [-0.3, -0.25) is 9.88 Å². The zero-order valence-corrected chi connectivity index (χ0v) is 11.8. The number of rotatable bonds is 7. The molecule has 2 rings (SSSR count). The van der Waals surface area contributed by atoms with Gasteiger partial charge in [0.1, 0.15) is 0 Å². The molecule has 100 valence electrons. The van der Waals surface area contributed by atoms with Crippen LogP contribution in [0.15, 0.2) is 18.3 Å². The van der Waals surface area contributed by atoms with E-state index in [9.17, 15) is 0 Å². The Labute approximate surface area is 111 Å². The summed E-state index contributed by atoms with van der Waals surface area (Å²) in [7, 11) is 1.95. The van der Waals surface area contributed by atoms with E-state index in [0.717, 1.165) is 24.2 Å². The lowest BCUT2D eigenvalue weighted by molar-refractivity contribution is 0.237. The van der Waals surface area contributed by atoms with Gasteiger partial charge >= 0.3 is 0 Å². The highest BCUT2D eigenvalue weighted by molar-refractivity contribution is 5.42. The molecule has 1 fully saturated rings. The van der Waals surface area contributed by atoms with Crippen LogP contribution in [0, 0.1) is 5.92 Å². The minimum Gasteiger partial charge on any atom is -0.388 e. The molecule has 1 aliphatic rings. The smallest absolute Gasteiger partial charge is 0.0564 e. The summed E-state index contributed by atoms with van der Waals surface area (Å²) in [6, 6.07) is 4.98. The number of hydrogen-bond donors (Lipinski definition) is 1. The fourth-order valence-corrected chi connectivity index (χ4v) is 2.18. The average molecular weight is 247 g/mol. The average Bonchev–Trinajstić information content (AvgIpc) is 3.18. The van der Waals surface area contributed by atoms with Gasteiger partial charge in [0.25, 0.3) is 0 Å². The van der Waals surface area contributed by atoms with Gasteiger partial charge in [-0.05, 0) is 43.9 Å². The number of nitrogens with one attached hydrogen (secondary N) is 1. The third-order valence-corrected chi connectivity index (χ3v) is 3.53. The van der Waals surface area contributed by atoms with Gasteiger partial charge < -0.3 is 5.32 Å². The number of nitrogens with zero attached hydrogens (tertiary/aromatic N) is 2. The van der Waals surface area contributed by atoms with Crippen molar-refractivity contribution in [2.75, 3.05) is 18.9 Å². The van der Waals surface area contributed by atoms with Gasteiger partial charge in [0.15, 0.2) is 0 Å². The molecule has 1 aliphatic carbocycles. The van der Waals surface area contributed by atoms with E-state index in [4.69, 9.17) is 0 Å². The van der Waals surface area contributed by atoms with Crippen LogP contribution in [0.3, 0.4) is 0 Å². The Kier molecular flexibility index (Phi) is 4.59. The van der Waals surface area contributed by atoms with Crippen molar-refractivity contribution in [1.29, 1.82) is 0 Å². The molecule has 0 amide bonds. The third-order valence-electron chi connectivity index (χ3n) is 3.53. The second kappa shape index (κ2) is 6.19. The van der Waals surface area contributed by atoms with Crippen molar-refractivity contribution in [3.8, 4) is 0 Å². The number of pyridine rings is 1. The van der Waals surface area contributed by atoms with Crippen LogP contribution in [0.4, 0.5) is 5.69 Å². The Hall–Kier alpha value is -1.09. The number of hydrogen-bond acceptors (Lipinski definition) is 3. The van der Waals surface area contributed by atoms with E-state index in [-0.39, 0.29) is 0 Å². The van der Waals surface area contributed by atoms with E-state index in [1.54, 1.807) is 0 Å². The first kappa shape index (κ1) is 13.3. The van der Waals surface area contributed by atoms with Gasteiger partial charge in [0.2, 0.25) is 0 Å². The van der Waals surface area contributed by atoms with Crippen LogP contribution < -0.4 is 5.32 Å². The van der Waals surface area contributed by atoms with Crippen LogP contribution in [-0.2, 0) is 6.54 Å². The molecule has 0 unspecified atom stereocenters. The Morgan fingerprint density at radius 3 is 2.83 bits per heavy atom. The summed E-state index contributed by atoms with van der Waals surface area (Å²) in [6.07, 6.45) is 5.91. The van der Waals surface area contributed by atoms with Gasteiger partial charge in [-0.1, -0.05) is 13.8 Å². The highest BCUT2D eigenvalue weighted by atomic mass is 15.2. The Morgan fingerprint density at radius 1 is 1.44 bits per heavy atom. The van der Waals surface area contributed by atoms with Crippen molar-refractivity contribution < 1.29 is 0 Å². The largest absolute Gasteiger partial charge is 0.388 e. The first-order chi connectivity index (χ1) is 8.69. The fourth-order valence-electron chi connectivity index (χ4n) is 2.18. The van der Waals surface area contributed by atoms with Crippen molar-refractivity contribution in [2.45, 2.75) is 45.7 Å². The molecular weight excluding hydrogens is 222 g/mol. The molecule has 1 saturated carbocycles. The van der Waals surface area contributed by atoms with Crippen LogP contribution >= 0.6 is 0 Å². The predicted octanol–water partition coefficient (Wildman–Crippen LogP) is 3.13. The summed E-state index contributed by atoms with van der Waals surface area (Å²) >= 11 is 0. The van der Waals surface area contributed by atoms with E-state index < -0.39 is 0 Å². The lowest BCUT2D eigenvalue weighted by Crippen LogP contribution is -2.28. The van der Waals surface area contributed by atoms with E-state index >= 15 is 0 Å². The molecule has 1 aromatic rings. The van der Waals surface area contributed by atoms with Crippen molar-refractivity contribution in [3.63, 3.8) is 0 Å². The standard InChI is InChI=1S/C15H25N3/c1-12(2)7-9-18(15-4-5-15)11-14-10-13(16-3)6-8-17-14/h6,8,10,12,15H,4-5,7,9,11H2,1-3H3,(H,16,17). The van der Waals surface area contributed by atoms with Gasteiger partial charge in [0, 0.05) is 31.5 Å². The van der Waals surface area contributed by atoms with Crippen molar-refractivity contribution in [3.05, 3.63) is 24.0 Å². The van der Waals surface area contributed by atoms with Crippen molar-refractivity contribution in [1.82, 2.24) is 9.88 Å². The van der Waals surface area contributed by atoms with Crippen LogP contribution in [0.25, 0.3) is 0 Å². The molecule has 1 aromatic heterocycles. The predicted molar refractivity (Wildman–Crippen MR) is 76.7 cm³/mol. The van der Waals surface area contributed by atoms with E-state index in [1.165, 1.54) is 31.5 Å². The summed E-state index contributed by atoms with van der Waals surface area (Å²) < 4.78 is 0. The first-order valence-corrected chi connectivity index (χ1v) is 7.05. The lowest BCUT2D eigenvalue weighted by atomic mass is 10.1. The molecule has 1 heterocycles. The van der Waals surface area contributed by atoms with Crippen molar-refractivity contribution in [2.24, 2.45) is 5.92 Å². The maximum atomic E-state index is 4.48. The van der Waals surface area contributed by atoms with Crippen LogP contribution in [-0.4, -0.2) is 29.5 Å². The summed E-state index contributed by atoms with van der Waals surface area (Å²) in [6.45, 7) is 6.79. The molecule has 18 heavy (non-hydrogen) atoms. The Morgan fingerprint density at radius 2 is 2.22 bits per heavy atom. The molecule has 0 atom stereocenters. The van der Waals surface area contributed by atoms with Gasteiger partial charge in [-0.15, -0.1) is 0 Å². The Balaban J connectivity index is 1.94. The van der Waals surface area contributed by atoms with E-state index in [2.05, 4.69) is 35.1 Å². The number of anilines is 1. The molecule has 0 aromatic carbocycles. The summed E-state index contributed by atoms with van der Waals surface area (Å²) in [4.78, 5) is 7.08. The molecule has 3 heteroatoms. The summed E-state index contributed by atoms with van der Waals surface area (Å²) in [5.41, 5.74) is 2.33. The molecule has 0 bridgehead atoms. The highest BCUT2D eigenvalue weighted by Crippen LogP contribution is 2.28. The Bertz CT molecular complexity index is 372. The second-order valence-corrected chi connectivity index (χ2v) is 5.67. The maximum Gasteiger partial charge on any atom is 0.0564 e. The minimum absolute atomic E-state index is 0.780.